The molecule has 0 saturated carbocycles. The molecule has 0 spiro atoms. The van der Waals surface area contributed by atoms with Gasteiger partial charge in [0.05, 0.1) is 6.61 Å². The Kier molecular flexibility index (Phi) is 4.79. The Bertz CT molecular complexity index is 231. The molecule has 0 amide bonds. The molecule has 100 valence electrons. The first-order valence-corrected chi connectivity index (χ1v) is 6.88. The summed E-state index contributed by atoms with van der Waals surface area (Å²) in [7, 11) is 4.30. The van der Waals surface area contributed by atoms with Gasteiger partial charge in [0.2, 0.25) is 0 Å². The number of rotatable bonds is 4. The number of ether oxygens (including phenoxy) is 1. The second kappa shape index (κ2) is 6.14. The second-order valence-electron chi connectivity index (χ2n) is 5.63. The lowest BCUT2D eigenvalue weighted by Crippen LogP contribution is -2.55. The van der Waals surface area contributed by atoms with E-state index < -0.39 is 0 Å². The summed E-state index contributed by atoms with van der Waals surface area (Å²) in [6, 6.07) is 1.26. The monoisotopic (exact) mass is 241 g/mol. The van der Waals surface area contributed by atoms with E-state index in [-0.39, 0.29) is 0 Å². The molecule has 0 aromatic heterocycles. The van der Waals surface area contributed by atoms with Crippen molar-refractivity contribution in [3.8, 4) is 0 Å². The van der Waals surface area contributed by atoms with E-state index in [4.69, 9.17) is 4.74 Å². The number of hydrogen-bond acceptors (Lipinski definition) is 4. The van der Waals surface area contributed by atoms with Gasteiger partial charge in [-0.05, 0) is 27.4 Å². The molecule has 4 nitrogen and oxygen atoms in total. The first-order valence-electron chi connectivity index (χ1n) is 6.88. The summed E-state index contributed by atoms with van der Waals surface area (Å²) < 4.78 is 5.51. The van der Waals surface area contributed by atoms with E-state index in [1.54, 1.807) is 0 Å². The maximum Gasteiger partial charge on any atom is 0.0510 e. The van der Waals surface area contributed by atoms with Crippen molar-refractivity contribution in [3.63, 3.8) is 0 Å². The van der Waals surface area contributed by atoms with Crippen LogP contribution in [0, 0.1) is 5.92 Å². The first kappa shape index (κ1) is 13.3. The minimum atomic E-state index is 0.586. The molecule has 2 saturated heterocycles. The lowest BCUT2D eigenvalue weighted by Gasteiger charge is -2.40. The van der Waals surface area contributed by atoms with Gasteiger partial charge in [-0.25, -0.2) is 0 Å². The number of nitrogens with one attached hydrogen (secondary N) is 1. The number of likely N-dealkylation sites (N-methyl/N-ethyl adjacent to an activating group) is 2. The van der Waals surface area contributed by atoms with E-state index in [1.807, 2.05) is 0 Å². The highest BCUT2D eigenvalue weighted by Gasteiger charge is 2.29. The third-order valence-corrected chi connectivity index (χ3v) is 4.30. The minimum absolute atomic E-state index is 0.586. The largest absolute Gasteiger partial charge is 0.381 e. The normalized spacial score (nSPS) is 34.1. The molecule has 1 N–H and O–H groups in total. The van der Waals surface area contributed by atoms with Crippen LogP contribution in [0.15, 0.2) is 0 Å². The molecular weight excluding hydrogens is 214 g/mol. The summed E-state index contributed by atoms with van der Waals surface area (Å²) in [6.45, 7) is 8.98. The molecule has 17 heavy (non-hydrogen) atoms. The summed E-state index contributed by atoms with van der Waals surface area (Å²) in [4.78, 5) is 5.05. The Labute approximate surface area is 105 Å². The standard InChI is InChI=1S/C13H27N3O/c1-11-8-15(3)5-6-16(11)9-13(14-2)12-4-7-17-10-12/h11-14H,4-10H2,1-3H3. The van der Waals surface area contributed by atoms with Gasteiger partial charge in [-0.1, -0.05) is 0 Å². The van der Waals surface area contributed by atoms with Crippen molar-refractivity contribution in [3.05, 3.63) is 0 Å². The van der Waals surface area contributed by atoms with Gasteiger partial charge in [0, 0.05) is 50.8 Å². The summed E-state index contributed by atoms with van der Waals surface area (Å²) in [6.07, 6.45) is 1.22. The number of nitrogens with zero attached hydrogens (tertiary/aromatic N) is 2. The maximum absolute atomic E-state index is 5.51. The molecule has 2 aliphatic heterocycles. The molecule has 3 atom stereocenters. The van der Waals surface area contributed by atoms with E-state index in [0.717, 1.165) is 13.2 Å². The quantitative estimate of drug-likeness (QED) is 0.763. The third-order valence-electron chi connectivity index (χ3n) is 4.30. The predicted molar refractivity (Wildman–Crippen MR) is 70.3 cm³/mol. The molecule has 2 fully saturated rings. The van der Waals surface area contributed by atoms with Crippen LogP contribution in [0.4, 0.5) is 0 Å². The van der Waals surface area contributed by atoms with E-state index in [2.05, 4.69) is 36.1 Å². The molecule has 2 heterocycles. The van der Waals surface area contributed by atoms with E-state index in [0.29, 0.717) is 18.0 Å². The minimum Gasteiger partial charge on any atom is -0.381 e. The van der Waals surface area contributed by atoms with Crippen molar-refractivity contribution in [2.45, 2.75) is 25.4 Å². The highest BCUT2D eigenvalue weighted by atomic mass is 16.5. The van der Waals surface area contributed by atoms with Gasteiger partial charge in [-0.2, -0.15) is 0 Å². The fraction of sp³-hybridized carbons (Fsp3) is 1.00. The Morgan fingerprint density at radius 3 is 2.82 bits per heavy atom. The lowest BCUT2D eigenvalue weighted by atomic mass is 9.98. The molecule has 2 rings (SSSR count). The van der Waals surface area contributed by atoms with Gasteiger partial charge in [-0.15, -0.1) is 0 Å². The van der Waals surface area contributed by atoms with Crippen LogP contribution >= 0.6 is 0 Å². The van der Waals surface area contributed by atoms with Crippen LogP contribution in [0.1, 0.15) is 13.3 Å². The topological polar surface area (TPSA) is 27.7 Å². The van der Waals surface area contributed by atoms with E-state index >= 15 is 0 Å². The molecule has 4 heteroatoms. The Morgan fingerprint density at radius 1 is 1.41 bits per heavy atom. The molecule has 0 aromatic rings. The summed E-state index contributed by atoms with van der Waals surface area (Å²) in [5.74, 6) is 0.701. The molecule has 0 aromatic carbocycles. The smallest absolute Gasteiger partial charge is 0.0510 e. The van der Waals surface area contributed by atoms with Crippen molar-refractivity contribution in [1.82, 2.24) is 15.1 Å². The van der Waals surface area contributed by atoms with Gasteiger partial charge < -0.3 is 15.0 Å². The summed E-state index contributed by atoms with van der Waals surface area (Å²) in [5.41, 5.74) is 0. The van der Waals surface area contributed by atoms with Crippen LogP contribution < -0.4 is 5.32 Å². The van der Waals surface area contributed by atoms with Gasteiger partial charge in [-0.3, -0.25) is 4.90 Å². The average molecular weight is 241 g/mol. The van der Waals surface area contributed by atoms with Crippen LogP contribution in [0.25, 0.3) is 0 Å². The van der Waals surface area contributed by atoms with Crippen LogP contribution in [0.2, 0.25) is 0 Å². The predicted octanol–water partition coefficient (Wildman–Crippen LogP) is 0.247. The fourth-order valence-corrected chi connectivity index (χ4v) is 3.05. The van der Waals surface area contributed by atoms with Gasteiger partial charge >= 0.3 is 0 Å². The van der Waals surface area contributed by atoms with Gasteiger partial charge in [0.25, 0.3) is 0 Å². The fourth-order valence-electron chi connectivity index (χ4n) is 3.05. The lowest BCUT2D eigenvalue weighted by molar-refractivity contribution is 0.0807. The van der Waals surface area contributed by atoms with Gasteiger partial charge in [0.1, 0.15) is 0 Å². The zero-order valence-corrected chi connectivity index (χ0v) is 11.5. The Hall–Kier alpha value is -0.160. The van der Waals surface area contributed by atoms with Gasteiger partial charge in [0.15, 0.2) is 0 Å². The number of hydrogen-bond donors (Lipinski definition) is 1. The van der Waals surface area contributed by atoms with Crippen LogP contribution in [0.3, 0.4) is 0 Å². The molecule has 0 bridgehead atoms. The molecule has 3 unspecified atom stereocenters. The van der Waals surface area contributed by atoms with Crippen molar-refractivity contribution in [2.75, 3.05) is 53.5 Å². The SMILES string of the molecule is CNC(CN1CCN(C)CC1C)C1CCOC1. The van der Waals surface area contributed by atoms with Crippen LogP contribution in [-0.4, -0.2) is 75.4 Å². The van der Waals surface area contributed by atoms with Crippen LogP contribution in [0.5, 0.6) is 0 Å². The Morgan fingerprint density at radius 2 is 2.24 bits per heavy atom. The summed E-state index contributed by atoms with van der Waals surface area (Å²) >= 11 is 0. The van der Waals surface area contributed by atoms with E-state index in [1.165, 1.54) is 32.6 Å². The average Bonchev–Trinajstić information content (AvgIpc) is 2.81. The van der Waals surface area contributed by atoms with E-state index in [9.17, 15) is 0 Å². The highest BCUT2D eigenvalue weighted by Crippen LogP contribution is 2.19. The second-order valence-corrected chi connectivity index (χ2v) is 5.63. The maximum atomic E-state index is 5.51. The molecule has 0 radical (unpaired) electrons. The van der Waals surface area contributed by atoms with Crippen molar-refractivity contribution >= 4 is 0 Å². The molecule has 2 aliphatic rings. The van der Waals surface area contributed by atoms with Crippen molar-refractivity contribution in [2.24, 2.45) is 5.92 Å². The third kappa shape index (κ3) is 3.41. The highest BCUT2D eigenvalue weighted by molar-refractivity contribution is 4.85. The number of piperazine rings is 1. The molecule has 0 aliphatic carbocycles. The van der Waals surface area contributed by atoms with Crippen molar-refractivity contribution in [1.29, 1.82) is 0 Å². The van der Waals surface area contributed by atoms with Crippen molar-refractivity contribution < 1.29 is 4.74 Å². The molecular formula is C13H27N3O. The summed E-state index contributed by atoms with van der Waals surface area (Å²) in [5, 5.41) is 3.49. The first-order chi connectivity index (χ1) is 8.20. The zero-order chi connectivity index (χ0) is 12.3. The Balaban J connectivity index is 1.85. The zero-order valence-electron chi connectivity index (χ0n) is 11.5. The van der Waals surface area contributed by atoms with Crippen LogP contribution in [-0.2, 0) is 4.74 Å².